The standard InChI is InChI=1S/C18H19F3O/c1-11(2)22-18(3,4)13-7-5-12(6-8-13)17-15(20)9-14(19)10-16(17)21/h5-11H,1-4H3. The van der Waals surface area contributed by atoms with Gasteiger partial charge in [-0.1, -0.05) is 24.3 Å². The smallest absolute Gasteiger partial charge is 0.136 e. The van der Waals surface area contributed by atoms with Gasteiger partial charge in [0.05, 0.1) is 17.3 Å². The maximum absolute atomic E-state index is 13.8. The second kappa shape index (κ2) is 6.13. The van der Waals surface area contributed by atoms with Crippen molar-refractivity contribution in [3.05, 3.63) is 59.4 Å². The average Bonchev–Trinajstić information content (AvgIpc) is 2.36. The van der Waals surface area contributed by atoms with Crippen LogP contribution in [0.25, 0.3) is 11.1 Å². The number of ether oxygens (including phenoxy) is 1. The molecule has 0 N–H and O–H groups in total. The minimum Gasteiger partial charge on any atom is -0.368 e. The number of hydrogen-bond donors (Lipinski definition) is 0. The third kappa shape index (κ3) is 3.50. The Labute approximate surface area is 128 Å². The summed E-state index contributed by atoms with van der Waals surface area (Å²) in [7, 11) is 0. The molecule has 0 saturated heterocycles. The van der Waals surface area contributed by atoms with E-state index in [0.717, 1.165) is 5.56 Å². The largest absolute Gasteiger partial charge is 0.368 e. The first kappa shape index (κ1) is 16.6. The van der Waals surface area contributed by atoms with Gasteiger partial charge in [0.15, 0.2) is 0 Å². The Morgan fingerprint density at radius 2 is 1.41 bits per heavy atom. The van der Waals surface area contributed by atoms with Crippen LogP contribution < -0.4 is 0 Å². The zero-order valence-electron chi connectivity index (χ0n) is 13.1. The molecule has 0 aliphatic carbocycles. The van der Waals surface area contributed by atoms with Crippen LogP contribution in [0.5, 0.6) is 0 Å². The highest BCUT2D eigenvalue weighted by Gasteiger charge is 2.23. The molecule has 0 unspecified atom stereocenters. The average molecular weight is 308 g/mol. The highest BCUT2D eigenvalue weighted by Crippen LogP contribution is 2.31. The van der Waals surface area contributed by atoms with Crippen molar-refractivity contribution in [3.63, 3.8) is 0 Å². The van der Waals surface area contributed by atoms with E-state index in [1.807, 2.05) is 27.7 Å². The van der Waals surface area contributed by atoms with Crippen LogP contribution in [-0.4, -0.2) is 6.10 Å². The summed E-state index contributed by atoms with van der Waals surface area (Å²) in [5.41, 5.74) is 0.523. The zero-order valence-corrected chi connectivity index (χ0v) is 13.1. The summed E-state index contributed by atoms with van der Waals surface area (Å²) in [4.78, 5) is 0. The van der Waals surface area contributed by atoms with Gasteiger partial charge in [0.25, 0.3) is 0 Å². The summed E-state index contributed by atoms with van der Waals surface area (Å²) in [5, 5.41) is 0. The van der Waals surface area contributed by atoms with E-state index < -0.39 is 23.1 Å². The molecule has 118 valence electrons. The monoisotopic (exact) mass is 308 g/mol. The van der Waals surface area contributed by atoms with E-state index in [4.69, 9.17) is 4.74 Å². The molecule has 0 aliphatic heterocycles. The number of rotatable bonds is 4. The Morgan fingerprint density at radius 1 is 0.909 bits per heavy atom. The quantitative estimate of drug-likeness (QED) is 0.731. The Bertz CT molecular complexity index is 638. The fourth-order valence-electron chi connectivity index (χ4n) is 2.51. The fraction of sp³-hybridized carbons (Fsp3) is 0.333. The van der Waals surface area contributed by atoms with Crippen LogP contribution in [0.2, 0.25) is 0 Å². The van der Waals surface area contributed by atoms with Crippen LogP contribution in [-0.2, 0) is 10.3 Å². The van der Waals surface area contributed by atoms with Crippen molar-refractivity contribution < 1.29 is 17.9 Å². The summed E-state index contributed by atoms with van der Waals surface area (Å²) in [6, 6.07) is 8.11. The second-order valence-corrected chi connectivity index (χ2v) is 6.00. The summed E-state index contributed by atoms with van der Waals surface area (Å²) in [5.74, 6) is -2.76. The first-order chi connectivity index (χ1) is 10.2. The van der Waals surface area contributed by atoms with Crippen molar-refractivity contribution in [1.29, 1.82) is 0 Å². The topological polar surface area (TPSA) is 9.23 Å². The van der Waals surface area contributed by atoms with E-state index in [1.165, 1.54) is 0 Å². The molecule has 4 heteroatoms. The lowest BCUT2D eigenvalue weighted by Crippen LogP contribution is -2.25. The fourth-order valence-corrected chi connectivity index (χ4v) is 2.51. The molecule has 1 nitrogen and oxygen atoms in total. The lowest BCUT2D eigenvalue weighted by atomic mass is 9.94. The Morgan fingerprint density at radius 3 is 1.86 bits per heavy atom. The molecule has 0 spiro atoms. The molecule has 0 atom stereocenters. The van der Waals surface area contributed by atoms with E-state index in [1.54, 1.807) is 24.3 Å². The van der Waals surface area contributed by atoms with Gasteiger partial charge in [0, 0.05) is 12.1 Å². The molecule has 0 amide bonds. The normalized spacial score (nSPS) is 12.0. The van der Waals surface area contributed by atoms with Crippen LogP contribution in [0.1, 0.15) is 33.3 Å². The minimum atomic E-state index is -0.929. The Hall–Kier alpha value is -1.81. The minimum absolute atomic E-state index is 0.0571. The number of hydrogen-bond acceptors (Lipinski definition) is 1. The lowest BCUT2D eigenvalue weighted by Gasteiger charge is -2.28. The van der Waals surface area contributed by atoms with Crippen molar-refractivity contribution in [1.82, 2.24) is 0 Å². The van der Waals surface area contributed by atoms with Gasteiger partial charge in [-0.15, -0.1) is 0 Å². The van der Waals surface area contributed by atoms with Gasteiger partial charge in [-0.05, 0) is 38.8 Å². The Balaban J connectivity index is 2.38. The van der Waals surface area contributed by atoms with Gasteiger partial charge in [-0.25, -0.2) is 13.2 Å². The summed E-state index contributed by atoms with van der Waals surface area (Å²) in [6.07, 6.45) is 0.0571. The molecule has 0 aliphatic rings. The molecular formula is C18H19F3O. The predicted molar refractivity (Wildman–Crippen MR) is 81.0 cm³/mol. The number of benzene rings is 2. The third-order valence-corrected chi connectivity index (χ3v) is 3.41. The van der Waals surface area contributed by atoms with Crippen molar-refractivity contribution in [2.24, 2.45) is 0 Å². The van der Waals surface area contributed by atoms with E-state index in [9.17, 15) is 13.2 Å². The van der Waals surface area contributed by atoms with Gasteiger partial charge in [0.2, 0.25) is 0 Å². The van der Waals surface area contributed by atoms with Crippen LogP contribution >= 0.6 is 0 Å². The SMILES string of the molecule is CC(C)OC(C)(C)c1ccc(-c2c(F)cc(F)cc2F)cc1. The van der Waals surface area contributed by atoms with Gasteiger partial charge in [-0.3, -0.25) is 0 Å². The van der Waals surface area contributed by atoms with Crippen LogP contribution in [0.15, 0.2) is 36.4 Å². The van der Waals surface area contributed by atoms with E-state index >= 15 is 0 Å². The van der Waals surface area contributed by atoms with E-state index in [-0.39, 0.29) is 11.7 Å². The van der Waals surface area contributed by atoms with Gasteiger partial charge in [-0.2, -0.15) is 0 Å². The van der Waals surface area contributed by atoms with E-state index in [2.05, 4.69) is 0 Å². The van der Waals surface area contributed by atoms with Crippen LogP contribution in [0.3, 0.4) is 0 Å². The van der Waals surface area contributed by atoms with E-state index in [0.29, 0.717) is 17.7 Å². The first-order valence-electron chi connectivity index (χ1n) is 7.14. The molecule has 2 aromatic carbocycles. The zero-order chi connectivity index (χ0) is 16.5. The second-order valence-electron chi connectivity index (χ2n) is 6.00. The molecule has 0 fully saturated rings. The van der Waals surface area contributed by atoms with Crippen LogP contribution in [0, 0.1) is 17.5 Å². The van der Waals surface area contributed by atoms with Gasteiger partial charge in [0.1, 0.15) is 17.5 Å². The predicted octanol–water partition coefficient (Wildman–Crippen LogP) is 5.43. The molecule has 0 aromatic heterocycles. The molecule has 0 heterocycles. The third-order valence-electron chi connectivity index (χ3n) is 3.41. The summed E-state index contributed by atoms with van der Waals surface area (Å²) >= 11 is 0. The summed E-state index contributed by atoms with van der Waals surface area (Å²) < 4.78 is 46.4. The molecule has 2 aromatic rings. The molecule has 22 heavy (non-hydrogen) atoms. The van der Waals surface area contributed by atoms with Gasteiger partial charge >= 0.3 is 0 Å². The first-order valence-corrected chi connectivity index (χ1v) is 7.14. The van der Waals surface area contributed by atoms with Crippen LogP contribution in [0.4, 0.5) is 13.2 Å². The molecule has 0 saturated carbocycles. The van der Waals surface area contributed by atoms with Crippen molar-refractivity contribution in [3.8, 4) is 11.1 Å². The van der Waals surface area contributed by atoms with Crippen molar-refractivity contribution in [2.75, 3.05) is 0 Å². The van der Waals surface area contributed by atoms with Crippen molar-refractivity contribution >= 4 is 0 Å². The molecule has 0 radical (unpaired) electrons. The summed E-state index contributed by atoms with van der Waals surface area (Å²) in [6.45, 7) is 7.75. The number of halogens is 3. The highest BCUT2D eigenvalue weighted by atomic mass is 19.1. The maximum atomic E-state index is 13.8. The maximum Gasteiger partial charge on any atom is 0.136 e. The lowest BCUT2D eigenvalue weighted by molar-refractivity contribution is -0.0600. The molecule has 0 bridgehead atoms. The molecule has 2 rings (SSSR count). The van der Waals surface area contributed by atoms with Crippen molar-refractivity contribution in [2.45, 2.75) is 39.4 Å². The highest BCUT2D eigenvalue weighted by molar-refractivity contribution is 5.65. The molecular weight excluding hydrogens is 289 g/mol. The van der Waals surface area contributed by atoms with Gasteiger partial charge < -0.3 is 4.74 Å². The Kier molecular flexibility index (Phi) is 4.61.